The molecular formula is C11H23NO. The highest BCUT2D eigenvalue weighted by Gasteiger charge is 2.42. The topological polar surface area (TPSA) is 46.2 Å². The first-order valence-electron chi connectivity index (χ1n) is 5.30. The van der Waals surface area contributed by atoms with Gasteiger partial charge in [0.2, 0.25) is 0 Å². The third-order valence-electron chi connectivity index (χ3n) is 3.42. The lowest BCUT2D eigenvalue weighted by Crippen LogP contribution is -2.56. The maximum Gasteiger partial charge on any atom is 0.0614 e. The molecule has 0 aromatic rings. The van der Waals surface area contributed by atoms with E-state index in [0.717, 1.165) is 6.42 Å². The van der Waals surface area contributed by atoms with Crippen molar-refractivity contribution in [2.45, 2.75) is 52.0 Å². The molecule has 0 radical (unpaired) electrons. The van der Waals surface area contributed by atoms with Crippen LogP contribution in [0.3, 0.4) is 0 Å². The lowest BCUT2D eigenvalue weighted by molar-refractivity contribution is 0.0345. The summed E-state index contributed by atoms with van der Waals surface area (Å²) in [5, 5.41) is 9.36. The van der Waals surface area contributed by atoms with E-state index < -0.39 is 0 Å². The molecular weight excluding hydrogens is 162 g/mol. The summed E-state index contributed by atoms with van der Waals surface area (Å²) in [6.07, 6.45) is 4.58. The SMILES string of the molecule is CC(C)(C)C1CCCCC1(N)CO. The molecule has 1 saturated carbocycles. The quantitative estimate of drug-likeness (QED) is 0.655. The van der Waals surface area contributed by atoms with Crippen LogP contribution in [0.15, 0.2) is 0 Å². The van der Waals surface area contributed by atoms with E-state index in [1.807, 2.05) is 0 Å². The van der Waals surface area contributed by atoms with Crippen LogP contribution in [0.1, 0.15) is 46.5 Å². The standard InChI is InChI=1S/C11H23NO/c1-10(2,3)9-6-4-5-7-11(9,12)8-13/h9,13H,4-8,12H2,1-3H3. The minimum atomic E-state index is -0.323. The van der Waals surface area contributed by atoms with E-state index in [2.05, 4.69) is 20.8 Å². The molecule has 0 aromatic carbocycles. The van der Waals surface area contributed by atoms with Gasteiger partial charge in [0.05, 0.1) is 6.61 Å². The Kier molecular flexibility index (Phi) is 3.03. The first kappa shape index (κ1) is 11.0. The average molecular weight is 185 g/mol. The second-order valence-electron chi connectivity index (χ2n) is 5.56. The van der Waals surface area contributed by atoms with Gasteiger partial charge in [0, 0.05) is 5.54 Å². The lowest BCUT2D eigenvalue weighted by atomic mass is 9.63. The predicted molar refractivity (Wildman–Crippen MR) is 55.4 cm³/mol. The summed E-state index contributed by atoms with van der Waals surface area (Å²) in [5.41, 5.74) is 6.14. The summed E-state index contributed by atoms with van der Waals surface area (Å²) in [7, 11) is 0. The molecule has 2 unspecified atom stereocenters. The number of aliphatic hydroxyl groups is 1. The largest absolute Gasteiger partial charge is 0.394 e. The number of rotatable bonds is 1. The molecule has 0 amide bonds. The second kappa shape index (κ2) is 3.58. The number of aliphatic hydroxyl groups excluding tert-OH is 1. The molecule has 0 spiro atoms. The Hall–Kier alpha value is -0.0800. The van der Waals surface area contributed by atoms with Crippen molar-refractivity contribution in [3.8, 4) is 0 Å². The fourth-order valence-corrected chi connectivity index (χ4v) is 2.75. The molecule has 3 N–H and O–H groups in total. The monoisotopic (exact) mass is 185 g/mol. The summed E-state index contributed by atoms with van der Waals surface area (Å²) in [4.78, 5) is 0. The smallest absolute Gasteiger partial charge is 0.0614 e. The van der Waals surface area contributed by atoms with Gasteiger partial charge in [-0.1, -0.05) is 33.6 Å². The number of hydrogen-bond acceptors (Lipinski definition) is 2. The van der Waals surface area contributed by atoms with Gasteiger partial charge in [0.1, 0.15) is 0 Å². The van der Waals surface area contributed by atoms with Crippen LogP contribution in [0.5, 0.6) is 0 Å². The zero-order valence-corrected chi connectivity index (χ0v) is 9.14. The summed E-state index contributed by atoms with van der Waals surface area (Å²) in [6, 6.07) is 0. The summed E-state index contributed by atoms with van der Waals surface area (Å²) >= 11 is 0. The molecule has 78 valence electrons. The summed E-state index contributed by atoms with van der Waals surface area (Å²) in [6.45, 7) is 6.80. The van der Waals surface area contributed by atoms with Crippen molar-refractivity contribution in [1.29, 1.82) is 0 Å². The molecule has 1 aliphatic rings. The normalized spacial score (nSPS) is 36.2. The molecule has 1 rings (SSSR count). The van der Waals surface area contributed by atoms with Crippen molar-refractivity contribution in [3.05, 3.63) is 0 Å². The van der Waals surface area contributed by atoms with Crippen LogP contribution < -0.4 is 5.73 Å². The highest BCUT2D eigenvalue weighted by atomic mass is 16.3. The van der Waals surface area contributed by atoms with Crippen molar-refractivity contribution in [2.24, 2.45) is 17.1 Å². The van der Waals surface area contributed by atoms with E-state index in [1.165, 1.54) is 19.3 Å². The third-order valence-corrected chi connectivity index (χ3v) is 3.42. The van der Waals surface area contributed by atoms with Crippen molar-refractivity contribution >= 4 is 0 Å². The predicted octanol–water partition coefficient (Wildman–Crippen LogP) is 1.91. The Labute approximate surface area is 81.5 Å². The Morgan fingerprint density at radius 1 is 1.38 bits per heavy atom. The first-order chi connectivity index (χ1) is 5.90. The molecule has 2 atom stereocenters. The summed E-state index contributed by atoms with van der Waals surface area (Å²) in [5.74, 6) is 0.457. The van der Waals surface area contributed by atoms with Gasteiger partial charge in [-0.25, -0.2) is 0 Å². The molecule has 13 heavy (non-hydrogen) atoms. The van der Waals surface area contributed by atoms with E-state index in [-0.39, 0.29) is 17.6 Å². The van der Waals surface area contributed by atoms with E-state index >= 15 is 0 Å². The zero-order chi connectivity index (χ0) is 10.1. The fourth-order valence-electron chi connectivity index (χ4n) is 2.75. The molecule has 0 aromatic heterocycles. The van der Waals surface area contributed by atoms with Gasteiger partial charge >= 0.3 is 0 Å². The minimum absolute atomic E-state index is 0.134. The average Bonchev–Trinajstić information content (AvgIpc) is 2.03. The maximum absolute atomic E-state index is 9.36. The van der Waals surface area contributed by atoms with Crippen LogP contribution in [0.2, 0.25) is 0 Å². The van der Waals surface area contributed by atoms with Crippen molar-refractivity contribution in [1.82, 2.24) is 0 Å². The maximum atomic E-state index is 9.36. The van der Waals surface area contributed by atoms with Crippen molar-refractivity contribution in [2.75, 3.05) is 6.61 Å². The van der Waals surface area contributed by atoms with Crippen molar-refractivity contribution < 1.29 is 5.11 Å². The lowest BCUT2D eigenvalue weighted by Gasteiger charge is -2.47. The zero-order valence-electron chi connectivity index (χ0n) is 9.14. The summed E-state index contributed by atoms with van der Waals surface area (Å²) < 4.78 is 0. The number of hydrogen-bond donors (Lipinski definition) is 2. The van der Waals surface area contributed by atoms with Crippen LogP contribution in [-0.4, -0.2) is 17.3 Å². The van der Waals surface area contributed by atoms with Crippen LogP contribution in [0.4, 0.5) is 0 Å². The molecule has 1 fully saturated rings. The van der Waals surface area contributed by atoms with E-state index in [9.17, 15) is 5.11 Å². The molecule has 1 aliphatic carbocycles. The highest BCUT2D eigenvalue weighted by Crippen LogP contribution is 2.42. The van der Waals surface area contributed by atoms with Crippen LogP contribution in [0, 0.1) is 11.3 Å². The highest BCUT2D eigenvalue weighted by molar-refractivity contribution is 4.98. The molecule has 0 aliphatic heterocycles. The van der Waals surface area contributed by atoms with Gasteiger partial charge in [-0.05, 0) is 24.2 Å². The van der Waals surface area contributed by atoms with Crippen LogP contribution in [-0.2, 0) is 0 Å². The first-order valence-corrected chi connectivity index (χ1v) is 5.30. The van der Waals surface area contributed by atoms with Gasteiger partial charge in [0.25, 0.3) is 0 Å². The van der Waals surface area contributed by atoms with E-state index in [4.69, 9.17) is 5.73 Å². The Bertz CT molecular complexity index is 173. The Morgan fingerprint density at radius 3 is 2.38 bits per heavy atom. The van der Waals surface area contributed by atoms with Gasteiger partial charge < -0.3 is 10.8 Å². The van der Waals surface area contributed by atoms with Gasteiger partial charge in [-0.3, -0.25) is 0 Å². The fraction of sp³-hybridized carbons (Fsp3) is 1.00. The number of nitrogens with two attached hydrogens (primary N) is 1. The molecule has 2 nitrogen and oxygen atoms in total. The van der Waals surface area contributed by atoms with Crippen LogP contribution in [0.25, 0.3) is 0 Å². The van der Waals surface area contributed by atoms with Crippen molar-refractivity contribution in [3.63, 3.8) is 0 Å². The Balaban J connectivity index is 2.79. The third kappa shape index (κ3) is 2.23. The van der Waals surface area contributed by atoms with Gasteiger partial charge in [-0.2, -0.15) is 0 Å². The van der Waals surface area contributed by atoms with Gasteiger partial charge in [-0.15, -0.1) is 0 Å². The second-order valence-corrected chi connectivity index (χ2v) is 5.56. The van der Waals surface area contributed by atoms with E-state index in [0.29, 0.717) is 5.92 Å². The molecule has 2 heteroatoms. The van der Waals surface area contributed by atoms with Gasteiger partial charge in [0.15, 0.2) is 0 Å². The Morgan fingerprint density at radius 2 is 2.00 bits per heavy atom. The van der Waals surface area contributed by atoms with E-state index in [1.54, 1.807) is 0 Å². The minimum Gasteiger partial charge on any atom is -0.394 e. The van der Waals surface area contributed by atoms with Crippen LogP contribution >= 0.6 is 0 Å². The molecule has 0 bridgehead atoms. The molecule has 0 heterocycles. The molecule has 0 saturated heterocycles.